The summed E-state index contributed by atoms with van der Waals surface area (Å²) in [6.07, 6.45) is 1.76. The van der Waals surface area contributed by atoms with Gasteiger partial charge in [-0.15, -0.1) is 0 Å². The third kappa shape index (κ3) is 4.11. The zero-order valence-electron chi connectivity index (χ0n) is 13.3. The van der Waals surface area contributed by atoms with Crippen LogP contribution in [0.15, 0.2) is 48.5 Å². The number of ether oxygens (including phenoxy) is 1. The van der Waals surface area contributed by atoms with Gasteiger partial charge in [0.05, 0.1) is 5.69 Å². The largest absolute Gasteiger partial charge is 0.455 e. The van der Waals surface area contributed by atoms with Crippen LogP contribution in [0.2, 0.25) is 0 Å². The zero-order valence-corrected chi connectivity index (χ0v) is 13.3. The van der Waals surface area contributed by atoms with Gasteiger partial charge in [-0.25, -0.2) is 0 Å². The zero-order chi connectivity index (χ0) is 16.1. The Bertz CT molecular complexity index is 664. The summed E-state index contributed by atoms with van der Waals surface area (Å²) in [6.45, 7) is 3.81. The molecule has 2 N–H and O–H groups in total. The van der Waals surface area contributed by atoms with Crippen LogP contribution in [0.4, 0.5) is 5.69 Å². The van der Waals surface area contributed by atoms with Crippen LogP contribution in [0.25, 0.3) is 0 Å². The number of carbonyl (C=O) groups is 1. The standard InChI is InChI=1S/C19H22N2O2/c1-14-7-8-18(23-16-5-3-2-4-6-16)17(13-14)21-19(22)15-9-11-20-12-10-15/h2-8,13,15,20H,9-12H2,1H3,(H,21,22). The van der Waals surface area contributed by atoms with Crippen LogP contribution in [0.1, 0.15) is 18.4 Å². The maximum absolute atomic E-state index is 12.5. The van der Waals surface area contributed by atoms with Crippen LogP contribution in [0, 0.1) is 12.8 Å². The lowest BCUT2D eigenvalue weighted by Gasteiger charge is -2.22. The van der Waals surface area contributed by atoms with Gasteiger partial charge in [-0.05, 0) is 62.7 Å². The Kier molecular flexibility index (Phi) is 4.93. The van der Waals surface area contributed by atoms with Crippen molar-refractivity contribution in [2.75, 3.05) is 18.4 Å². The first-order valence-electron chi connectivity index (χ1n) is 8.07. The van der Waals surface area contributed by atoms with Gasteiger partial charge in [-0.1, -0.05) is 24.3 Å². The third-order valence-corrected chi connectivity index (χ3v) is 4.07. The van der Waals surface area contributed by atoms with Gasteiger partial charge < -0.3 is 15.4 Å². The van der Waals surface area contributed by atoms with Crippen LogP contribution in [-0.4, -0.2) is 19.0 Å². The summed E-state index contributed by atoms with van der Waals surface area (Å²) in [5, 5.41) is 6.33. The second kappa shape index (κ2) is 7.29. The molecule has 0 atom stereocenters. The van der Waals surface area contributed by atoms with Crippen LogP contribution >= 0.6 is 0 Å². The molecule has 23 heavy (non-hydrogen) atoms. The maximum atomic E-state index is 12.5. The lowest BCUT2D eigenvalue weighted by atomic mass is 9.97. The van der Waals surface area contributed by atoms with Crippen molar-refractivity contribution in [1.29, 1.82) is 0 Å². The van der Waals surface area contributed by atoms with Gasteiger partial charge in [0.1, 0.15) is 5.75 Å². The molecule has 0 aromatic heterocycles. The molecule has 1 aliphatic rings. The summed E-state index contributed by atoms with van der Waals surface area (Å²) in [5.41, 5.74) is 1.82. The van der Waals surface area contributed by atoms with Crippen LogP contribution < -0.4 is 15.4 Å². The summed E-state index contributed by atoms with van der Waals surface area (Å²) in [4.78, 5) is 12.5. The molecular formula is C19H22N2O2. The van der Waals surface area contributed by atoms with Crippen molar-refractivity contribution < 1.29 is 9.53 Å². The van der Waals surface area contributed by atoms with Crippen molar-refractivity contribution in [2.45, 2.75) is 19.8 Å². The molecule has 1 fully saturated rings. The molecule has 0 spiro atoms. The van der Waals surface area contributed by atoms with Crippen molar-refractivity contribution in [3.63, 3.8) is 0 Å². The molecule has 1 aliphatic heterocycles. The van der Waals surface area contributed by atoms with Crippen molar-refractivity contribution in [3.8, 4) is 11.5 Å². The van der Waals surface area contributed by atoms with Crippen molar-refractivity contribution >= 4 is 11.6 Å². The van der Waals surface area contributed by atoms with Gasteiger partial charge >= 0.3 is 0 Å². The number of anilines is 1. The monoisotopic (exact) mass is 310 g/mol. The minimum Gasteiger partial charge on any atom is -0.455 e. The Morgan fingerprint density at radius 1 is 1.13 bits per heavy atom. The molecule has 4 heteroatoms. The van der Waals surface area contributed by atoms with E-state index in [9.17, 15) is 4.79 Å². The summed E-state index contributed by atoms with van der Waals surface area (Å²) in [5.74, 6) is 1.58. The second-order valence-electron chi connectivity index (χ2n) is 5.93. The Morgan fingerprint density at radius 2 is 1.87 bits per heavy atom. The third-order valence-electron chi connectivity index (χ3n) is 4.07. The molecule has 1 amide bonds. The predicted molar refractivity (Wildman–Crippen MR) is 91.9 cm³/mol. The highest BCUT2D eigenvalue weighted by Crippen LogP contribution is 2.31. The predicted octanol–water partition coefficient (Wildman–Crippen LogP) is 3.73. The fourth-order valence-corrected chi connectivity index (χ4v) is 2.76. The fraction of sp³-hybridized carbons (Fsp3) is 0.316. The molecule has 120 valence electrons. The Hall–Kier alpha value is -2.33. The van der Waals surface area contributed by atoms with Gasteiger partial charge in [0, 0.05) is 5.92 Å². The van der Waals surface area contributed by atoms with E-state index in [0.29, 0.717) is 5.75 Å². The van der Waals surface area contributed by atoms with Crippen molar-refractivity contribution in [3.05, 3.63) is 54.1 Å². The van der Waals surface area contributed by atoms with E-state index >= 15 is 0 Å². The molecule has 0 unspecified atom stereocenters. The van der Waals surface area contributed by atoms with Gasteiger partial charge in [0.25, 0.3) is 0 Å². The second-order valence-corrected chi connectivity index (χ2v) is 5.93. The van der Waals surface area contributed by atoms with Crippen molar-refractivity contribution in [2.24, 2.45) is 5.92 Å². The lowest BCUT2D eigenvalue weighted by molar-refractivity contribution is -0.120. The lowest BCUT2D eigenvalue weighted by Crippen LogP contribution is -2.34. The molecule has 0 bridgehead atoms. The molecule has 1 saturated heterocycles. The average Bonchev–Trinajstić information content (AvgIpc) is 2.59. The minimum atomic E-state index is 0.0707. The minimum absolute atomic E-state index is 0.0707. The molecule has 2 aromatic carbocycles. The van der Waals surface area contributed by atoms with E-state index in [-0.39, 0.29) is 11.8 Å². The van der Waals surface area contributed by atoms with E-state index in [2.05, 4.69) is 10.6 Å². The topological polar surface area (TPSA) is 50.4 Å². The summed E-state index contributed by atoms with van der Waals surface area (Å²) in [7, 11) is 0. The molecule has 2 aromatic rings. The Labute approximate surface area is 136 Å². The highest BCUT2D eigenvalue weighted by Gasteiger charge is 2.22. The molecule has 3 rings (SSSR count). The molecule has 4 nitrogen and oxygen atoms in total. The Morgan fingerprint density at radius 3 is 2.61 bits per heavy atom. The van der Waals surface area contributed by atoms with Crippen molar-refractivity contribution in [1.82, 2.24) is 5.32 Å². The van der Waals surface area contributed by atoms with Crippen LogP contribution in [-0.2, 0) is 4.79 Å². The van der Waals surface area contributed by atoms with E-state index < -0.39 is 0 Å². The molecular weight excluding hydrogens is 288 g/mol. The van der Waals surface area contributed by atoms with E-state index in [1.54, 1.807) is 0 Å². The van der Waals surface area contributed by atoms with E-state index in [1.165, 1.54) is 0 Å². The first kappa shape index (κ1) is 15.6. The van der Waals surface area contributed by atoms with E-state index in [0.717, 1.165) is 42.9 Å². The highest BCUT2D eigenvalue weighted by atomic mass is 16.5. The number of piperidine rings is 1. The fourth-order valence-electron chi connectivity index (χ4n) is 2.76. The summed E-state index contributed by atoms with van der Waals surface area (Å²) in [6, 6.07) is 15.4. The van der Waals surface area contributed by atoms with Crippen LogP contribution in [0.3, 0.4) is 0 Å². The van der Waals surface area contributed by atoms with Gasteiger partial charge in [0.15, 0.2) is 5.75 Å². The molecule has 0 aliphatic carbocycles. The normalized spacial score (nSPS) is 15.2. The van der Waals surface area contributed by atoms with Gasteiger partial charge in [-0.3, -0.25) is 4.79 Å². The molecule has 0 radical (unpaired) electrons. The number of hydrogen-bond donors (Lipinski definition) is 2. The number of benzene rings is 2. The quantitative estimate of drug-likeness (QED) is 0.905. The van der Waals surface area contributed by atoms with Gasteiger partial charge in [-0.2, -0.15) is 0 Å². The first-order valence-corrected chi connectivity index (χ1v) is 8.07. The maximum Gasteiger partial charge on any atom is 0.227 e. The average molecular weight is 310 g/mol. The number of carbonyl (C=O) groups excluding carboxylic acids is 1. The number of aryl methyl sites for hydroxylation is 1. The number of para-hydroxylation sites is 1. The highest BCUT2D eigenvalue weighted by molar-refractivity contribution is 5.94. The number of nitrogens with one attached hydrogen (secondary N) is 2. The van der Waals surface area contributed by atoms with E-state index in [1.807, 2.05) is 55.5 Å². The molecule has 1 heterocycles. The summed E-state index contributed by atoms with van der Waals surface area (Å²) >= 11 is 0. The van der Waals surface area contributed by atoms with Crippen LogP contribution in [0.5, 0.6) is 11.5 Å². The summed E-state index contributed by atoms with van der Waals surface area (Å²) < 4.78 is 5.93. The molecule has 0 saturated carbocycles. The number of hydrogen-bond acceptors (Lipinski definition) is 3. The smallest absolute Gasteiger partial charge is 0.227 e. The number of rotatable bonds is 4. The SMILES string of the molecule is Cc1ccc(Oc2ccccc2)c(NC(=O)C2CCNCC2)c1. The van der Waals surface area contributed by atoms with Gasteiger partial charge in [0.2, 0.25) is 5.91 Å². The van der Waals surface area contributed by atoms with E-state index in [4.69, 9.17) is 4.74 Å². The Balaban J connectivity index is 1.77. The number of amides is 1. The first-order chi connectivity index (χ1) is 11.2.